The molecule has 6 heteroatoms. The number of likely N-dealkylation sites (tertiary alicyclic amines) is 1. The Labute approximate surface area is 183 Å². The molecule has 31 heavy (non-hydrogen) atoms. The van der Waals surface area contributed by atoms with E-state index in [0.717, 1.165) is 30.5 Å². The maximum absolute atomic E-state index is 11.5. The van der Waals surface area contributed by atoms with Crippen molar-refractivity contribution >= 4 is 0 Å². The number of aliphatic hydroxyl groups excluding tert-OH is 1. The van der Waals surface area contributed by atoms with Crippen LogP contribution in [0.4, 0.5) is 0 Å². The minimum absolute atomic E-state index is 0.281. The molecule has 3 heterocycles. The summed E-state index contributed by atoms with van der Waals surface area (Å²) in [6.45, 7) is 3.92. The molecule has 0 aliphatic carbocycles. The van der Waals surface area contributed by atoms with E-state index in [4.69, 9.17) is 18.9 Å². The molecule has 7 atom stereocenters. The van der Waals surface area contributed by atoms with Gasteiger partial charge in [-0.3, -0.25) is 4.90 Å². The normalized spacial score (nSPS) is 36.3. The highest BCUT2D eigenvalue weighted by molar-refractivity contribution is 5.17. The highest BCUT2D eigenvalue weighted by Crippen LogP contribution is 2.38. The lowest BCUT2D eigenvalue weighted by Gasteiger charge is -2.50. The first-order valence-corrected chi connectivity index (χ1v) is 11.3. The van der Waals surface area contributed by atoms with Gasteiger partial charge in [0.25, 0.3) is 0 Å². The number of rotatable bonds is 5. The van der Waals surface area contributed by atoms with Gasteiger partial charge in [0.05, 0.1) is 19.3 Å². The monoisotopic (exact) mass is 425 g/mol. The van der Waals surface area contributed by atoms with Gasteiger partial charge in [0.2, 0.25) is 0 Å². The zero-order chi connectivity index (χ0) is 21.2. The molecule has 2 aromatic rings. The van der Waals surface area contributed by atoms with Crippen molar-refractivity contribution in [1.82, 2.24) is 4.90 Å². The van der Waals surface area contributed by atoms with Gasteiger partial charge in [-0.05, 0) is 31.9 Å². The summed E-state index contributed by atoms with van der Waals surface area (Å²) in [7, 11) is 0. The van der Waals surface area contributed by atoms with Crippen LogP contribution in [-0.2, 0) is 25.6 Å². The molecular formula is C25H31NO5. The first-order chi connectivity index (χ1) is 15.2. The minimum atomic E-state index is -0.727. The van der Waals surface area contributed by atoms with Crippen molar-refractivity contribution in [3.8, 4) is 0 Å². The lowest BCUT2D eigenvalue weighted by atomic mass is 9.94. The van der Waals surface area contributed by atoms with Crippen LogP contribution < -0.4 is 0 Å². The van der Waals surface area contributed by atoms with Crippen LogP contribution in [0.2, 0.25) is 0 Å². The molecule has 6 nitrogen and oxygen atoms in total. The van der Waals surface area contributed by atoms with E-state index in [0.29, 0.717) is 19.3 Å². The van der Waals surface area contributed by atoms with Crippen LogP contribution in [0.25, 0.3) is 0 Å². The second-order valence-corrected chi connectivity index (χ2v) is 8.73. The van der Waals surface area contributed by atoms with Crippen molar-refractivity contribution in [2.24, 2.45) is 0 Å². The maximum Gasteiger partial charge on any atom is 0.184 e. The lowest BCUT2D eigenvalue weighted by molar-refractivity contribution is -0.355. The van der Waals surface area contributed by atoms with Crippen LogP contribution >= 0.6 is 0 Å². The molecule has 0 bridgehead atoms. The van der Waals surface area contributed by atoms with Crippen LogP contribution in [0, 0.1) is 0 Å². The standard InChI is InChI=1S/C25H31NO5/c1-17-9-8-14-26(17)21-22(27)23-20(16-29-24(31-23)19-12-6-3-7-13-19)30-25(21)28-15-18-10-4-2-5-11-18/h2-7,10-13,17,20-25,27H,8-9,14-16H2,1H3/t17-,20-,21-,22+,23-,24?,25-/m1/s1. The lowest BCUT2D eigenvalue weighted by Crippen LogP contribution is -2.67. The van der Waals surface area contributed by atoms with E-state index in [1.54, 1.807) is 0 Å². The second-order valence-electron chi connectivity index (χ2n) is 8.73. The van der Waals surface area contributed by atoms with Gasteiger partial charge in [0.1, 0.15) is 18.3 Å². The zero-order valence-electron chi connectivity index (χ0n) is 17.9. The Bertz CT molecular complexity index is 834. The smallest absolute Gasteiger partial charge is 0.184 e. The van der Waals surface area contributed by atoms with Crippen molar-refractivity contribution in [1.29, 1.82) is 0 Å². The SMILES string of the molecule is C[C@@H]1CCCN1[C@H]1[C@H](OCc2ccccc2)O[C@@H]2COC(c3ccccc3)O[C@H]2[C@H]1O. The quantitative estimate of drug-likeness (QED) is 0.794. The van der Waals surface area contributed by atoms with Crippen LogP contribution in [0.5, 0.6) is 0 Å². The Morgan fingerprint density at radius 3 is 2.48 bits per heavy atom. The Morgan fingerprint density at radius 1 is 1.03 bits per heavy atom. The van der Waals surface area contributed by atoms with Crippen molar-refractivity contribution in [3.05, 3.63) is 71.8 Å². The predicted octanol–water partition coefficient (Wildman–Crippen LogP) is 3.26. The van der Waals surface area contributed by atoms with Gasteiger partial charge >= 0.3 is 0 Å². The number of fused-ring (bicyclic) bond motifs is 1. The molecule has 0 saturated carbocycles. The third kappa shape index (κ3) is 4.42. The van der Waals surface area contributed by atoms with E-state index in [-0.39, 0.29) is 12.1 Å². The van der Waals surface area contributed by atoms with Crippen LogP contribution in [-0.4, -0.2) is 59.8 Å². The molecule has 1 unspecified atom stereocenters. The fourth-order valence-corrected chi connectivity index (χ4v) is 5.00. The van der Waals surface area contributed by atoms with Gasteiger partial charge in [0, 0.05) is 11.6 Å². The minimum Gasteiger partial charge on any atom is -0.388 e. The van der Waals surface area contributed by atoms with Crippen molar-refractivity contribution in [2.45, 2.75) is 69.3 Å². The van der Waals surface area contributed by atoms with E-state index in [9.17, 15) is 5.11 Å². The highest BCUT2D eigenvalue weighted by atomic mass is 16.7. The molecular weight excluding hydrogens is 394 g/mol. The molecule has 0 spiro atoms. The molecule has 3 aliphatic rings. The molecule has 0 radical (unpaired) electrons. The fraction of sp³-hybridized carbons (Fsp3) is 0.520. The van der Waals surface area contributed by atoms with Gasteiger partial charge in [-0.2, -0.15) is 0 Å². The van der Waals surface area contributed by atoms with Gasteiger partial charge in [0.15, 0.2) is 12.6 Å². The summed E-state index contributed by atoms with van der Waals surface area (Å²) in [6, 6.07) is 20.0. The zero-order valence-corrected chi connectivity index (χ0v) is 17.9. The van der Waals surface area contributed by atoms with E-state index in [1.807, 2.05) is 60.7 Å². The Kier molecular flexibility index (Phi) is 6.36. The third-order valence-corrected chi connectivity index (χ3v) is 6.65. The summed E-state index contributed by atoms with van der Waals surface area (Å²) in [5.74, 6) is 0. The molecule has 0 amide bonds. The molecule has 0 aromatic heterocycles. The van der Waals surface area contributed by atoms with E-state index in [1.165, 1.54) is 0 Å². The predicted molar refractivity (Wildman–Crippen MR) is 115 cm³/mol. The van der Waals surface area contributed by atoms with Gasteiger partial charge < -0.3 is 24.1 Å². The number of hydrogen-bond acceptors (Lipinski definition) is 6. The average Bonchev–Trinajstić information content (AvgIpc) is 3.24. The number of benzene rings is 2. The average molecular weight is 426 g/mol. The first-order valence-electron chi connectivity index (χ1n) is 11.3. The summed E-state index contributed by atoms with van der Waals surface area (Å²) in [4.78, 5) is 2.33. The summed E-state index contributed by atoms with van der Waals surface area (Å²) >= 11 is 0. The molecule has 3 saturated heterocycles. The van der Waals surface area contributed by atoms with E-state index < -0.39 is 24.8 Å². The Balaban J connectivity index is 1.35. The summed E-state index contributed by atoms with van der Waals surface area (Å²) in [5.41, 5.74) is 2.03. The second kappa shape index (κ2) is 9.36. The summed E-state index contributed by atoms with van der Waals surface area (Å²) < 4.78 is 24.8. The topological polar surface area (TPSA) is 60.4 Å². The van der Waals surface area contributed by atoms with Gasteiger partial charge in [-0.1, -0.05) is 60.7 Å². The van der Waals surface area contributed by atoms with Crippen molar-refractivity contribution in [3.63, 3.8) is 0 Å². The molecule has 3 fully saturated rings. The number of ether oxygens (including phenoxy) is 4. The van der Waals surface area contributed by atoms with Gasteiger partial charge in [-0.25, -0.2) is 0 Å². The highest BCUT2D eigenvalue weighted by Gasteiger charge is 2.52. The number of hydrogen-bond donors (Lipinski definition) is 1. The molecule has 1 N–H and O–H groups in total. The molecule has 3 aliphatic heterocycles. The maximum atomic E-state index is 11.5. The third-order valence-electron chi connectivity index (χ3n) is 6.65. The summed E-state index contributed by atoms with van der Waals surface area (Å²) in [6.07, 6.45) is -0.384. The Morgan fingerprint density at radius 2 is 1.77 bits per heavy atom. The molecule has 5 rings (SSSR count). The summed E-state index contributed by atoms with van der Waals surface area (Å²) in [5, 5.41) is 11.5. The van der Waals surface area contributed by atoms with Crippen molar-refractivity contribution < 1.29 is 24.1 Å². The molecule has 166 valence electrons. The number of aliphatic hydroxyl groups is 1. The molecule has 2 aromatic carbocycles. The van der Waals surface area contributed by atoms with Crippen LogP contribution in [0.1, 0.15) is 37.2 Å². The largest absolute Gasteiger partial charge is 0.388 e. The van der Waals surface area contributed by atoms with Crippen LogP contribution in [0.15, 0.2) is 60.7 Å². The number of nitrogens with zero attached hydrogens (tertiary/aromatic N) is 1. The first kappa shape index (κ1) is 21.1. The van der Waals surface area contributed by atoms with E-state index >= 15 is 0 Å². The van der Waals surface area contributed by atoms with Gasteiger partial charge in [-0.15, -0.1) is 0 Å². The van der Waals surface area contributed by atoms with Crippen LogP contribution in [0.3, 0.4) is 0 Å². The Hall–Kier alpha value is -1.80. The van der Waals surface area contributed by atoms with Crippen molar-refractivity contribution in [2.75, 3.05) is 13.2 Å². The van der Waals surface area contributed by atoms with E-state index in [2.05, 4.69) is 11.8 Å². The fourth-order valence-electron chi connectivity index (χ4n) is 5.00.